The van der Waals surface area contributed by atoms with Crippen molar-refractivity contribution in [2.45, 2.75) is 25.7 Å². The van der Waals surface area contributed by atoms with Crippen LogP contribution in [0.3, 0.4) is 0 Å². The van der Waals surface area contributed by atoms with E-state index in [1.165, 1.54) is 5.39 Å². The highest BCUT2D eigenvalue weighted by Crippen LogP contribution is 2.26. The Bertz CT molecular complexity index is 1520. The molecule has 4 N–H and O–H groups in total. The molecule has 8 heteroatoms. The number of nitrogens with one attached hydrogen (secondary N) is 2. The molecular formula is C33H39N7O. The van der Waals surface area contributed by atoms with E-state index >= 15 is 0 Å². The molecule has 1 saturated heterocycles. The number of para-hydroxylation sites is 1. The molecule has 1 atom stereocenters. The predicted octanol–water partition coefficient (Wildman–Crippen LogP) is 5.60. The topological polar surface area (TPSA) is 101 Å². The van der Waals surface area contributed by atoms with Crippen LogP contribution in [0.5, 0.6) is 5.75 Å². The summed E-state index contributed by atoms with van der Waals surface area (Å²) >= 11 is 0. The summed E-state index contributed by atoms with van der Waals surface area (Å²) in [4.78, 5) is 16.0. The second kappa shape index (κ2) is 13.0. The normalized spacial score (nSPS) is 18.0. The lowest BCUT2D eigenvalue weighted by atomic mass is 9.96. The number of hydrogen-bond donors (Lipinski definition) is 3. The zero-order valence-corrected chi connectivity index (χ0v) is 23.5. The first kappa shape index (κ1) is 27.0. The molecule has 0 spiro atoms. The van der Waals surface area contributed by atoms with Gasteiger partial charge in [-0.2, -0.15) is 0 Å². The second-order valence-electron chi connectivity index (χ2n) is 11.1. The van der Waals surface area contributed by atoms with Gasteiger partial charge in [0.15, 0.2) is 0 Å². The monoisotopic (exact) mass is 549 g/mol. The van der Waals surface area contributed by atoms with Crippen LogP contribution >= 0.6 is 0 Å². The van der Waals surface area contributed by atoms with Crippen molar-refractivity contribution in [1.82, 2.24) is 19.9 Å². The minimum atomic E-state index is 0.513. The smallest absolute Gasteiger partial charge is 0.137 e. The number of benzene rings is 2. The standard InChI is InChI=1S/C33H39N7O/c34-26-7-5-24(6-8-26)11-15-37-33-29-10-9-27(21-32(29)38-23-39-33)41-22-25-13-18-40(19-14-25)20-17-36-31-12-16-35-30-4-2-1-3-28(30)31/h1-5,7-10,12,16,21,23-25H,6,11,13-15,17-20,22,34H2,(H,35,36)(H,37,38,39). The number of fused-ring (bicyclic) bond motifs is 2. The van der Waals surface area contributed by atoms with E-state index in [9.17, 15) is 0 Å². The second-order valence-corrected chi connectivity index (χ2v) is 11.1. The van der Waals surface area contributed by atoms with E-state index in [-0.39, 0.29) is 0 Å². The number of anilines is 2. The molecule has 0 saturated carbocycles. The average molecular weight is 550 g/mol. The van der Waals surface area contributed by atoms with Gasteiger partial charge in [0.05, 0.1) is 17.6 Å². The molecule has 41 heavy (non-hydrogen) atoms. The Morgan fingerprint density at radius 3 is 2.71 bits per heavy atom. The maximum atomic E-state index is 6.24. The van der Waals surface area contributed by atoms with Gasteiger partial charge in [-0.05, 0) is 81.0 Å². The van der Waals surface area contributed by atoms with Crippen LogP contribution in [-0.2, 0) is 0 Å². The lowest BCUT2D eigenvalue weighted by Gasteiger charge is -2.32. The molecule has 2 aromatic carbocycles. The van der Waals surface area contributed by atoms with Crippen LogP contribution in [0, 0.1) is 11.8 Å². The Hall–Kier alpha value is -4.17. The molecule has 6 rings (SSSR count). The summed E-state index contributed by atoms with van der Waals surface area (Å²) < 4.78 is 6.24. The van der Waals surface area contributed by atoms with E-state index in [1.807, 2.05) is 30.5 Å². The zero-order valence-electron chi connectivity index (χ0n) is 23.5. The van der Waals surface area contributed by atoms with Gasteiger partial charge in [-0.15, -0.1) is 0 Å². The number of nitrogens with zero attached hydrogens (tertiary/aromatic N) is 4. The van der Waals surface area contributed by atoms with Gasteiger partial charge >= 0.3 is 0 Å². The number of hydrogen-bond acceptors (Lipinski definition) is 8. The zero-order chi connectivity index (χ0) is 27.9. The van der Waals surface area contributed by atoms with Gasteiger partial charge in [-0.1, -0.05) is 30.4 Å². The first-order valence-corrected chi connectivity index (χ1v) is 14.8. The molecule has 8 nitrogen and oxygen atoms in total. The largest absolute Gasteiger partial charge is 0.493 e. The summed E-state index contributed by atoms with van der Waals surface area (Å²) in [5.74, 6) is 2.82. The van der Waals surface area contributed by atoms with Gasteiger partial charge in [0.2, 0.25) is 0 Å². The van der Waals surface area contributed by atoms with Gasteiger partial charge in [-0.25, -0.2) is 9.97 Å². The maximum absolute atomic E-state index is 6.24. The van der Waals surface area contributed by atoms with Crippen LogP contribution in [0.25, 0.3) is 21.8 Å². The third kappa shape index (κ3) is 6.95. The first-order valence-electron chi connectivity index (χ1n) is 14.8. The van der Waals surface area contributed by atoms with E-state index in [1.54, 1.807) is 6.33 Å². The fourth-order valence-corrected chi connectivity index (χ4v) is 5.73. The summed E-state index contributed by atoms with van der Waals surface area (Å²) in [5.41, 5.74) is 9.78. The first-order chi connectivity index (χ1) is 20.2. The number of likely N-dealkylation sites (tertiary alicyclic amines) is 1. The van der Waals surface area contributed by atoms with Crippen molar-refractivity contribution in [3.8, 4) is 5.75 Å². The number of aromatic nitrogens is 3. The van der Waals surface area contributed by atoms with Gasteiger partial charge in [0, 0.05) is 54.1 Å². The van der Waals surface area contributed by atoms with Gasteiger partial charge in [-0.3, -0.25) is 4.98 Å². The Labute approximate surface area is 241 Å². The lowest BCUT2D eigenvalue weighted by molar-refractivity contribution is 0.145. The molecule has 1 aliphatic carbocycles. The average Bonchev–Trinajstić information content (AvgIpc) is 3.02. The van der Waals surface area contributed by atoms with Crippen LogP contribution in [0.2, 0.25) is 0 Å². The highest BCUT2D eigenvalue weighted by molar-refractivity contribution is 5.91. The molecule has 0 bridgehead atoms. The summed E-state index contributed by atoms with van der Waals surface area (Å²) in [5, 5.41) is 9.30. The third-order valence-electron chi connectivity index (χ3n) is 8.22. The Kier molecular flexibility index (Phi) is 8.57. The SMILES string of the molecule is NC1=CCC(CCNc2ncnc3cc(OCC4CCN(CCNc5ccnc6ccccc56)CC4)ccc23)C=C1. The highest BCUT2D eigenvalue weighted by atomic mass is 16.5. The van der Waals surface area contributed by atoms with Crippen molar-refractivity contribution in [2.75, 3.05) is 50.0 Å². The summed E-state index contributed by atoms with van der Waals surface area (Å²) in [6.45, 7) is 5.76. The fourth-order valence-electron chi connectivity index (χ4n) is 5.73. The quantitative estimate of drug-likeness (QED) is 0.222. The number of rotatable bonds is 11. The maximum Gasteiger partial charge on any atom is 0.137 e. The summed E-state index contributed by atoms with van der Waals surface area (Å²) in [6, 6.07) is 16.5. The van der Waals surface area contributed by atoms with E-state index in [2.05, 4.69) is 73.0 Å². The minimum Gasteiger partial charge on any atom is -0.493 e. The third-order valence-corrected chi connectivity index (χ3v) is 8.22. The lowest BCUT2D eigenvalue weighted by Crippen LogP contribution is -2.38. The number of allylic oxidation sites excluding steroid dienone is 3. The molecule has 3 heterocycles. The number of ether oxygens (including phenoxy) is 1. The molecule has 1 aliphatic heterocycles. The Morgan fingerprint density at radius 2 is 1.83 bits per heavy atom. The molecule has 212 valence electrons. The van der Waals surface area contributed by atoms with Crippen LogP contribution in [0.15, 0.2) is 85.0 Å². The number of pyridine rings is 1. The molecular weight excluding hydrogens is 510 g/mol. The van der Waals surface area contributed by atoms with Gasteiger partial charge in [0.1, 0.15) is 17.9 Å². The number of nitrogens with two attached hydrogens (primary N) is 1. The van der Waals surface area contributed by atoms with E-state index in [4.69, 9.17) is 10.5 Å². The molecule has 4 aromatic rings. The van der Waals surface area contributed by atoms with Crippen molar-refractivity contribution < 1.29 is 4.74 Å². The van der Waals surface area contributed by atoms with Crippen LogP contribution < -0.4 is 21.1 Å². The summed E-state index contributed by atoms with van der Waals surface area (Å²) in [6.07, 6.45) is 14.1. The van der Waals surface area contributed by atoms with Gasteiger partial charge in [0.25, 0.3) is 0 Å². The molecule has 1 fully saturated rings. The van der Waals surface area contributed by atoms with Crippen molar-refractivity contribution >= 4 is 33.3 Å². The van der Waals surface area contributed by atoms with Crippen molar-refractivity contribution in [3.05, 3.63) is 85.0 Å². The van der Waals surface area contributed by atoms with E-state index < -0.39 is 0 Å². The molecule has 2 aromatic heterocycles. The molecule has 0 radical (unpaired) electrons. The fraction of sp³-hybridized carbons (Fsp3) is 0.364. The van der Waals surface area contributed by atoms with Gasteiger partial charge < -0.3 is 26.0 Å². The van der Waals surface area contributed by atoms with E-state index in [0.717, 1.165) is 104 Å². The van der Waals surface area contributed by atoms with E-state index in [0.29, 0.717) is 11.8 Å². The summed E-state index contributed by atoms with van der Waals surface area (Å²) in [7, 11) is 0. The van der Waals surface area contributed by atoms with Crippen LogP contribution in [0.1, 0.15) is 25.7 Å². The Balaban J connectivity index is 0.934. The Morgan fingerprint density at radius 1 is 0.927 bits per heavy atom. The van der Waals surface area contributed by atoms with Crippen molar-refractivity contribution in [1.29, 1.82) is 0 Å². The van der Waals surface area contributed by atoms with Crippen molar-refractivity contribution in [3.63, 3.8) is 0 Å². The minimum absolute atomic E-state index is 0.513. The van der Waals surface area contributed by atoms with Crippen LogP contribution in [0.4, 0.5) is 11.5 Å². The molecule has 1 unspecified atom stereocenters. The molecule has 2 aliphatic rings. The highest BCUT2D eigenvalue weighted by Gasteiger charge is 2.20. The van der Waals surface area contributed by atoms with Crippen LogP contribution in [-0.4, -0.2) is 59.2 Å². The predicted molar refractivity (Wildman–Crippen MR) is 167 cm³/mol. The molecule has 0 amide bonds. The number of piperidine rings is 1. The van der Waals surface area contributed by atoms with Crippen molar-refractivity contribution in [2.24, 2.45) is 17.6 Å².